The first-order valence-corrected chi connectivity index (χ1v) is 8.79. The number of hydrogen-bond acceptors (Lipinski definition) is 6. The van der Waals surface area contributed by atoms with Gasteiger partial charge in [-0.1, -0.05) is 24.3 Å². The summed E-state index contributed by atoms with van der Waals surface area (Å²) in [5, 5.41) is 21.4. The van der Waals surface area contributed by atoms with Gasteiger partial charge in [0.25, 0.3) is 0 Å². The number of aromatic carboxylic acids is 2. The predicted octanol–water partition coefficient (Wildman–Crippen LogP) is 2.45. The molecule has 6 nitrogen and oxygen atoms in total. The third-order valence-electron chi connectivity index (χ3n) is 3.05. The second-order valence-corrected chi connectivity index (χ2v) is 8.00. The summed E-state index contributed by atoms with van der Waals surface area (Å²) >= 11 is 0. The van der Waals surface area contributed by atoms with Gasteiger partial charge in [-0.05, 0) is 65.8 Å². The van der Waals surface area contributed by atoms with Crippen molar-refractivity contribution in [1.29, 1.82) is 0 Å². The zero-order valence-corrected chi connectivity index (χ0v) is 18.8. The topological polar surface area (TPSA) is 98.7 Å². The summed E-state index contributed by atoms with van der Waals surface area (Å²) in [7, 11) is 0. The van der Waals surface area contributed by atoms with Crippen LogP contribution in [0.25, 0.3) is 0 Å². The zero-order chi connectivity index (χ0) is 21.5. The van der Waals surface area contributed by atoms with Crippen LogP contribution in [0.15, 0.2) is 48.5 Å². The van der Waals surface area contributed by atoms with E-state index in [4.69, 9.17) is 9.47 Å². The number of hydrogen-bond donors (Lipinski definition) is 0. The molecular weight excluding hydrogens is 412 g/mol. The molecule has 156 valence electrons. The van der Waals surface area contributed by atoms with Gasteiger partial charge in [0, 0.05) is 11.1 Å². The van der Waals surface area contributed by atoms with Gasteiger partial charge in [0.15, 0.2) is 0 Å². The summed E-state index contributed by atoms with van der Waals surface area (Å²) in [4.78, 5) is 21.4. The van der Waals surface area contributed by atoms with E-state index in [1.165, 1.54) is 12.1 Å². The number of rotatable bonds is 4. The molecule has 0 unspecified atom stereocenters. The summed E-state index contributed by atoms with van der Waals surface area (Å²) in [5.74, 6) is -1.74. The third kappa shape index (κ3) is 10.0. The summed E-state index contributed by atoms with van der Waals surface area (Å²) in [6, 6.07) is 12.9. The van der Waals surface area contributed by atoms with Crippen molar-refractivity contribution in [2.24, 2.45) is 0 Å². The molecule has 0 atom stereocenters. The SMILES string of the molecule is CC(C)(C)Oc1ccccc1C(=O)[O-].CC(C)(C)Oc1ccccc1C(=O)[O-].[Cr+2]. The van der Waals surface area contributed by atoms with Crippen LogP contribution in [0.2, 0.25) is 0 Å². The number of para-hydroxylation sites is 2. The van der Waals surface area contributed by atoms with Gasteiger partial charge >= 0.3 is 17.4 Å². The fraction of sp³-hybridized carbons (Fsp3) is 0.364. The molecule has 0 spiro atoms. The molecule has 0 aliphatic carbocycles. The molecular formula is C22H26CrO6. The summed E-state index contributed by atoms with van der Waals surface area (Å²) in [5.41, 5.74) is -0.651. The Bertz CT molecular complexity index is 749. The Balaban J connectivity index is 0.000000523. The molecule has 0 N–H and O–H groups in total. The van der Waals surface area contributed by atoms with Gasteiger partial charge in [0.2, 0.25) is 0 Å². The van der Waals surface area contributed by atoms with Crippen LogP contribution in [0.3, 0.4) is 0 Å². The van der Waals surface area contributed by atoms with Crippen LogP contribution >= 0.6 is 0 Å². The molecule has 0 saturated heterocycles. The van der Waals surface area contributed by atoms with Crippen LogP contribution < -0.4 is 19.7 Å². The van der Waals surface area contributed by atoms with Crippen molar-refractivity contribution in [3.63, 3.8) is 0 Å². The molecule has 0 fully saturated rings. The van der Waals surface area contributed by atoms with Crippen LogP contribution in [0.5, 0.6) is 11.5 Å². The van der Waals surface area contributed by atoms with Gasteiger partial charge in [0.1, 0.15) is 22.7 Å². The molecule has 7 heteroatoms. The van der Waals surface area contributed by atoms with E-state index in [2.05, 4.69) is 0 Å². The second kappa shape index (κ2) is 10.9. The smallest absolute Gasteiger partial charge is 0.545 e. The van der Waals surface area contributed by atoms with E-state index in [0.29, 0.717) is 11.5 Å². The molecule has 0 amide bonds. The van der Waals surface area contributed by atoms with E-state index in [0.717, 1.165) is 0 Å². The van der Waals surface area contributed by atoms with Crippen molar-refractivity contribution in [2.45, 2.75) is 52.7 Å². The number of carboxylic acids is 2. The van der Waals surface area contributed by atoms with Crippen molar-refractivity contribution in [3.05, 3.63) is 59.7 Å². The summed E-state index contributed by atoms with van der Waals surface area (Å²) in [6.45, 7) is 11.2. The molecule has 2 aromatic carbocycles. The molecule has 2 aromatic rings. The average Bonchev–Trinajstić information content (AvgIpc) is 2.53. The fourth-order valence-corrected chi connectivity index (χ4v) is 2.11. The number of ether oxygens (including phenoxy) is 2. The van der Waals surface area contributed by atoms with Gasteiger partial charge in [-0.25, -0.2) is 0 Å². The monoisotopic (exact) mass is 438 g/mol. The van der Waals surface area contributed by atoms with E-state index >= 15 is 0 Å². The van der Waals surface area contributed by atoms with Gasteiger partial charge in [-0.15, -0.1) is 0 Å². The molecule has 0 aliphatic rings. The molecule has 0 heterocycles. The Morgan fingerprint density at radius 3 is 1.17 bits per heavy atom. The third-order valence-corrected chi connectivity index (χ3v) is 3.05. The van der Waals surface area contributed by atoms with Crippen LogP contribution in [0, 0.1) is 0 Å². The van der Waals surface area contributed by atoms with E-state index < -0.39 is 23.1 Å². The Morgan fingerprint density at radius 2 is 0.931 bits per heavy atom. The number of carboxylic acid groups (broad SMARTS) is 2. The van der Waals surface area contributed by atoms with Crippen molar-refractivity contribution in [3.8, 4) is 11.5 Å². The first-order valence-electron chi connectivity index (χ1n) is 8.79. The Morgan fingerprint density at radius 1 is 0.655 bits per heavy atom. The first kappa shape index (κ1) is 26.5. The van der Waals surface area contributed by atoms with Crippen molar-refractivity contribution < 1.29 is 46.6 Å². The maximum Gasteiger partial charge on any atom is 2.00 e. The molecule has 0 aliphatic heterocycles. The Hall–Kier alpha value is -2.49. The van der Waals surface area contributed by atoms with E-state index in [-0.39, 0.29) is 28.5 Å². The first-order chi connectivity index (χ1) is 12.8. The molecule has 2 rings (SSSR count). The molecule has 0 aromatic heterocycles. The van der Waals surface area contributed by atoms with E-state index in [1.54, 1.807) is 36.4 Å². The molecule has 0 radical (unpaired) electrons. The molecule has 0 saturated carbocycles. The van der Waals surface area contributed by atoms with Crippen LogP contribution in [-0.2, 0) is 17.4 Å². The van der Waals surface area contributed by atoms with Crippen LogP contribution in [-0.4, -0.2) is 23.1 Å². The fourth-order valence-electron chi connectivity index (χ4n) is 2.11. The van der Waals surface area contributed by atoms with Gasteiger partial charge in [0.05, 0.1) is 11.9 Å². The molecule has 29 heavy (non-hydrogen) atoms. The van der Waals surface area contributed by atoms with Gasteiger partial charge in [-0.3, -0.25) is 0 Å². The maximum atomic E-state index is 10.7. The average molecular weight is 438 g/mol. The minimum atomic E-state index is -1.22. The largest absolute Gasteiger partial charge is 2.00 e. The molecule has 0 bridgehead atoms. The normalized spacial score (nSPS) is 10.7. The predicted molar refractivity (Wildman–Crippen MR) is 102 cm³/mol. The zero-order valence-electron chi connectivity index (χ0n) is 17.5. The minimum absolute atomic E-state index is 0. The van der Waals surface area contributed by atoms with Gasteiger partial charge in [-0.2, -0.15) is 0 Å². The second-order valence-electron chi connectivity index (χ2n) is 8.00. The van der Waals surface area contributed by atoms with Crippen LogP contribution in [0.4, 0.5) is 0 Å². The van der Waals surface area contributed by atoms with Gasteiger partial charge < -0.3 is 29.3 Å². The van der Waals surface area contributed by atoms with Crippen molar-refractivity contribution in [1.82, 2.24) is 0 Å². The van der Waals surface area contributed by atoms with Crippen molar-refractivity contribution >= 4 is 11.9 Å². The standard InChI is InChI=1S/2C11H14O3.Cr/c2*1-11(2,3)14-9-7-5-4-6-8(9)10(12)13;/h2*4-7H,1-3H3,(H,12,13);/q;;+2/p-2. The van der Waals surface area contributed by atoms with E-state index in [9.17, 15) is 19.8 Å². The Kier molecular flexibility index (Phi) is 9.96. The summed E-state index contributed by atoms with van der Waals surface area (Å²) < 4.78 is 10.9. The van der Waals surface area contributed by atoms with Crippen molar-refractivity contribution in [2.75, 3.05) is 0 Å². The number of benzene rings is 2. The van der Waals surface area contributed by atoms with Crippen LogP contribution in [0.1, 0.15) is 62.3 Å². The number of carbonyl (C=O) groups excluding carboxylic acids is 2. The number of carbonyl (C=O) groups is 2. The van der Waals surface area contributed by atoms with E-state index in [1.807, 2.05) is 41.5 Å². The quantitative estimate of drug-likeness (QED) is 0.727. The minimum Gasteiger partial charge on any atom is -0.545 e. The summed E-state index contributed by atoms with van der Waals surface area (Å²) in [6.07, 6.45) is 0. The maximum absolute atomic E-state index is 10.7. The Labute approximate surface area is 182 Å².